The fourth-order valence-electron chi connectivity index (χ4n) is 10.3. The molecule has 10 aromatic carbocycles. The first-order valence-electron chi connectivity index (χ1n) is 19.9. The molecule has 0 N–H and O–H groups in total. The van der Waals surface area contributed by atoms with E-state index in [2.05, 4.69) is 205 Å². The molecule has 0 saturated heterocycles. The number of nitrogens with zero attached hydrogens (tertiary/aromatic N) is 1. The summed E-state index contributed by atoms with van der Waals surface area (Å²) in [5.74, 6) is 0. The van der Waals surface area contributed by atoms with Crippen molar-refractivity contribution in [3.8, 4) is 11.1 Å². The highest BCUT2D eigenvalue weighted by molar-refractivity contribution is 7.99. The summed E-state index contributed by atoms with van der Waals surface area (Å²) in [6.07, 6.45) is 0. The van der Waals surface area contributed by atoms with Gasteiger partial charge in [-0.2, -0.15) is 0 Å². The molecule has 0 amide bonds. The molecule has 3 heteroatoms. The summed E-state index contributed by atoms with van der Waals surface area (Å²) in [6.45, 7) is 0. The van der Waals surface area contributed by atoms with Crippen LogP contribution >= 0.6 is 11.8 Å². The first kappa shape index (κ1) is 32.1. The highest BCUT2D eigenvalue weighted by Gasteiger charge is 2.48. The molecule has 1 aliphatic heterocycles. The van der Waals surface area contributed by atoms with Crippen LogP contribution in [0, 0.1) is 0 Å². The molecule has 1 spiro atoms. The molecule has 2 aliphatic rings. The normalized spacial score (nSPS) is 13.6. The molecule has 0 saturated carbocycles. The molecule has 0 unspecified atom stereocenters. The van der Waals surface area contributed by atoms with E-state index in [-0.39, 0.29) is 0 Å². The molecule has 2 nitrogen and oxygen atoms in total. The Morgan fingerprint density at radius 1 is 0.379 bits per heavy atom. The maximum absolute atomic E-state index is 6.72. The van der Waals surface area contributed by atoms with E-state index in [1.807, 2.05) is 11.8 Å². The molecule has 0 fully saturated rings. The summed E-state index contributed by atoms with van der Waals surface area (Å²) < 4.78 is 6.72. The number of anilines is 3. The second-order valence-corrected chi connectivity index (χ2v) is 16.6. The number of furan rings is 1. The Morgan fingerprint density at radius 3 is 1.81 bits per heavy atom. The lowest BCUT2D eigenvalue weighted by Crippen LogP contribution is -2.36. The van der Waals surface area contributed by atoms with Gasteiger partial charge in [0.15, 0.2) is 0 Å². The van der Waals surface area contributed by atoms with E-state index >= 15 is 0 Å². The molecule has 0 radical (unpaired) electrons. The Labute approximate surface area is 339 Å². The fourth-order valence-corrected chi connectivity index (χ4v) is 11.5. The van der Waals surface area contributed by atoms with Crippen LogP contribution in [0.3, 0.4) is 0 Å². The largest absolute Gasteiger partial charge is 0.456 e. The zero-order valence-corrected chi connectivity index (χ0v) is 32.1. The minimum absolute atomic E-state index is 0.499. The average Bonchev–Trinajstić information content (AvgIpc) is 3.64. The molecule has 0 atom stereocenters. The minimum atomic E-state index is -0.499. The van der Waals surface area contributed by atoms with Crippen LogP contribution in [0.25, 0.3) is 65.4 Å². The predicted octanol–water partition coefficient (Wildman–Crippen LogP) is 15.3. The lowest BCUT2D eigenvalue weighted by atomic mass is 9.59. The smallest absolute Gasteiger partial charge is 0.137 e. The first-order valence-corrected chi connectivity index (χ1v) is 20.7. The Bertz CT molecular complexity index is 3470. The molecule has 0 bridgehead atoms. The quantitative estimate of drug-likeness (QED) is 0.179. The molecule has 270 valence electrons. The van der Waals surface area contributed by atoms with Gasteiger partial charge in [-0.05, 0) is 103 Å². The monoisotopic (exact) mass is 755 g/mol. The maximum atomic E-state index is 6.72. The zero-order valence-electron chi connectivity index (χ0n) is 31.3. The van der Waals surface area contributed by atoms with Crippen molar-refractivity contribution in [2.45, 2.75) is 15.2 Å². The lowest BCUT2D eigenvalue weighted by Gasteiger charge is -2.46. The Morgan fingerprint density at radius 2 is 0.983 bits per heavy atom. The third-order valence-electron chi connectivity index (χ3n) is 12.7. The predicted molar refractivity (Wildman–Crippen MR) is 242 cm³/mol. The Hall–Kier alpha value is -7.07. The van der Waals surface area contributed by atoms with Gasteiger partial charge in [-0.3, -0.25) is 0 Å². The van der Waals surface area contributed by atoms with Gasteiger partial charge in [0.25, 0.3) is 0 Å². The van der Waals surface area contributed by atoms with Gasteiger partial charge >= 0.3 is 0 Å². The molecule has 2 heterocycles. The molecular weight excluding hydrogens is 723 g/mol. The van der Waals surface area contributed by atoms with E-state index in [4.69, 9.17) is 4.42 Å². The molecule has 11 aromatic rings. The van der Waals surface area contributed by atoms with E-state index in [9.17, 15) is 0 Å². The summed E-state index contributed by atoms with van der Waals surface area (Å²) in [5, 5.41) is 9.53. The average molecular weight is 756 g/mol. The van der Waals surface area contributed by atoms with E-state index in [1.165, 1.54) is 75.5 Å². The molecule has 58 heavy (non-hydrogen) atoms. The zero-order chi connectivity index (χ0) is 38.0. The van der Waals surface area contributed by atoms with Crippen molar-refractivity contribution in [3.63, 3.8) is 0 Å². The van der Waals surface area contributed by atoms with Crippen molar-refractivity contribution in [2.75, 3.05) is 4.90 Å². The fraction of sp³-hybridized carbons (Fsp3) is 0.0182. The van der Waals surface area contributed by atoms with Crippen LogP contribution in [0.2, 0.25) is 0 Å². The lowest BCUT2D eigenvalue weighted by molar-refractivity contribution is 0.669. The van der Waals surface area contributed by atoms with Crippen LogP contribution in [-0.2, 0) is 5.41 Å². The van der Waals surface area contributed by atoms with Crippen LogP contribution in [-0.4, -0.2) is 0 Å². The summed E-state index contributed by atoms with van der Waals surface area (Å²) in [4.78, 5) is 5.06. The number of benzene rings is 10. The van der Waals surface area contributed by atoms with E-state index in [0.717, 1.165) is 39.0 Å². The summed E-state index contributed by atoms with van der Waals surface area (Å²) in [5.41, 5.74) is 12.4. The van der Waals surface area contributed by atoms with E-state index < -0.39 is 5.41 Å². The Kier molecular flexibility index (Phi) is 6.62. The highest BCUT2D eigenvalue weighted by Crippen LogP contribution is 2.62. The second-order valence-electron chi connectivity index (χ2n) is 15.6. The minimum Gasteiger partial charge on any atom is -0.456 e. The third-order valence-corrected chi connectivity index (χ3v) is 13.8. The van der Waals surface area contributed by atoms with Crippen molar-refractivity contribution in [1.82, 2.24) is 0 Å². The second kappa shape index (κ2) is 12.0. The van der Waals surface area contributed by atoms with Crippen LogP contribution in [0.1, 0.15) is 22.3 Å². The van der Waals surface area contributed by atoms with Crippen molar-refractivity contribution >= 4 is 83.1 Å². The standard InChI is InChI=1S/C55H33NOS/c1-2-15-36-32-50-43(31-35(36)14-1)40-28-27-37(33-51(40)57-50)56(48-24-11-16-34-13-3-4-17-38(34)48)49-30-29-41-39-18-5-6-20-44(39)55(47-23-12-19-42(49)54(41)47)45-21-7-9-25-52(45)58-53-26-10-8-22-46(53)55/h1-33H. The van der Waals surface area contributed by atoms with Gasteiger partial charge in [0.1, 0.15) is 11.2 Å². The van der Waals surface area contributed by atoms with Crippen LogP contribution in [0.5, 0.6) is 0 Å². The van der Waals surface area contributed by atoms with Gasteiger partial charge in [0.05, 0.1) is 16.8 Å². The molecule has 13 rings (SSSR count). The maximum Gasteiger partial charge on any atom is 0.137 e. The molecular formula is C55H33NOS. The van der Waals surface area contributed by atoms with Gasteiger partial charge in [-0.15, -0.1) is 0 Å². The Balaban J connectivity index is 1.13. The van der Waals surface area contributed by atoms with Gasteiger partial charge < -0.3 is 9.32 Å². The topological polar surface area (TPSA) is 16.4 Å². The van der Waals surface area contributed by atoms with Crippen LogP contribution in [0.15, 0.2) is 214 Å². The van der Waals surface area contributed by atoms with Crippen LogP contribution in [0.4, 0.5) is 17.1 Å². The van der Waals surface area contributed by atoms with Gasteiger partial charge in [0.2, 0.25) is 0 Å². The number of hydrogen-bond acceptors (Lipinski definition) is 3. The number of fused-ring (bicyclic) bond motifs is 13. The van der Waals surface area contributed by atoms with Gasteiger partial charge in [-0.25, -0.2) is 0 Å². The SMILES string of the molecule is c1ccc2c(c1)Sc1ccccc1C21c2ccccc2-c2ccc(N(c3ccc4c(c3)oc3cc5ccccc5cc34)c3cccc4ccccc34)c3cccc1c23. The van der Waals surface area contributed by atoms with Gasteiger partial charge in [-0.1, -0.05) is 157 Å². The highest BCUT2D eigenvalue weighted by atomic mass is 32.2. The summed E-state index contributed by atoms with van der Waals surface area (Å²) in [7, 11) is 0. The van der Waals surface area contributed by atoms with Crippen molar-refractivity contribution in [1.29, 1.82) is 0 Å². The van der Waals surface area contributed by atoms with Crippen molar-refractivity contribution in [3.05, 3.63) is 222 Å². The molecule has 1 aromatic heterocycles. The first-order chi connectivity index (χ1) is 28.8. The van der Waals surface area contributed by atoms with E-state index in [0.29, 0.717) is 0 Å². The van der Waals surface area contributed by atoms with Crippen LogP contribution < -0.4 is 4.90 Å². The molecule has 1 aliphatic carbocycles. The van der Waals surface area contributed by atoms with Crippen molar-refractivity contribution < 1.29 is 4.42 Å². The van der Waals surface area contributed by atoms with Crippen molar-refractivity contribution in [2.24, 2.45) is 0 Å². The third kappa shape index (κ3) is 4.29. The van der Waals surface area contributed by atoms with Gasteiger partial charge in [0, 0.05) is 43.1 Å². The summed E-state index contributed by atoms with van der Waals surface area (Å²) >= 11 is 1.88. The number of rotatable bonds is 3. The van der Waals surface area contributed by atoms with E-state index in [1.54, 1.807) is 0 Å². The number of hydrogen-bond donors (Lipinski definition) is 0. The summed E-state index contributed by atoms with van der Waals surface area (Å²) in [6, 6.07) is 74.0.